The van der Waals surface area contributed by atoms with E-state index in [2.05, 4.69) is 41.5 Å². The molecule has 0 amide bonds. The molecule has 0 aliphatic carbocycles. The predicted octanol–water partition coefficient (Wildman–Crippen LogP) is 2.44. The van der Waals surface area contributed by atoms with Crippen molar-refractivity contribution >= 4 is 11.6 Å². The molecule has 0 bridgehead atoms. The SMILES string of the molecule is CC(C)c1ccc(-n2nnnc2Cl)cc1. The first-order valence-electron chi connectivity index (χ1n) is 4.72. The van der Waals surface area contributed by atoms with Crippen LogP contribution in [0, 0.1) is 0 Å². The molecule has 1 aromatic heterocycles. The summed E-state index contributed by atoms with van der Waals surface area (Å²) in [5, 5.41) is 11.2. The summed E-state index contributed by atoms with van der Waals surface area (Å²) in [6.45, 7) is 4.30. The molecule has 0 N–H and O–H groups in total. The summed E-state index contributed by atoms with van der Waals surface area (Å²) in [5.41, 5.74) is 2.15. The second-order valence-corrected chi connectivity index (χ2v) is 3.94. The molecule has 0 aliphatic rings. The van der Waals surface area contributed by atoms with Crippen molar-refractivity contribution in [3.63, 3.8) is 0 Å². The van der Waals surface area contributed by atoms with Gasteiger partial charge in [-0.3, -0.25) is 0 Å². The molecule has 2 aromatic rings. The summed E-state index contributed by atoms with van der Waals surface area (Å²) in [6.07, 6.45) is 0. The second kappa shape index (κ2) is 3.98. The van der Waals surface area contributed by atoms with Crippen molar-refractivity contribution in [3.05, 3.63) is 35.1 Å². The Balaban J connectivity index is 2.36. The maximum Gasteiger partial charge on any atom is 0.247 e. The highest BCUT2D eigenvalue weighted by molar-refractivity contribution is 6.28. The lowest BCUT2D eigenvalue weighted by Gasteiger charge is -2.06. The standard InChI is InChI=1S/C10H11ClN4/c1-7(2)8-3-5-9(6-4-8)15-10(11)12-13-14-15/h3-7H,1-2H3. The molecule has 4 nitrogen and oxygen atoms in total. The highest BCUT2D eigenvalue weighted by Gasteiger charge is 2.05. The molecule has 0 saturated heterocycles. The quantitative estimate of drug-likeness (QED) is 0.784. The van der Waals surface area contributed by atoms with Gasteiger partial charge in [0.1, 0.15) is 0 Å². The van der Waals surface area contributed by atoms with Crippen LogP contribution in [0.15, 0.2) is 24.3 Å². The van der Waals surface area contributed by atoms with E-state index in [4.69, 9.17) is 11.6 Å². The van der Waals surface area contributed by atoms with Crippen molar-refractivity contribution in [2.45, 2.75) is 19.8 Å². The van der Waals surface area contributed by atoms with Crippen LogP contribution in [0.1, 0.15) is 25.3 Å². The van der Waals surface area contributed by atoms with Gasteiger partial charge in [-0.1, -0.05) is 31.1 Å². The van der Waals surface area contributed by atoms with Crippen molar-refractivity contribution in [1.82, 2.24) is 20.2 Å². The average molecular weight is 223 g/mol. The fourth-order valence-corrected chi connectivity index (χ4v) is 1.50. The predicted molar refractivity (Wildman–Crippen MR) is 58.3 cm³/mol. The lowest BCUT2D eigenvalue weighted by molar-refractivity contribution is 0.787. The molecular formula is C10H11ClN4. The Hall–Kier alpha value is -1.42. The van der Waals surface area contributed by atoms with E-state index in [9.17, 15) is 0 Å². The van der Waals surface area contributed by atoms with E-state index >= 15 is 0 Å². The summed E-state index contributed by atoms with van der Waals surface area (Å²) < 4.78 is 1.49. The van der Waals surface area contributed by atoms with Gasteiger partial charge in [0.25, 0.3) is 0 Å². The third kappa shape index (κ3) is 1.99. The number of hydrogen-bond acceptors (Lipinski definition) is 3. The molecule has 0 spiro atoms. The van der Waals surface area contributed by atoms with Crippen LogP contribution in [0.5, 0.6) is 0 Å². The molecule has 1 heterocycles. The third-order valence-corrected chi connectivity index (χ3v) is 2.47. The average Bonchev–Trinajstić information content (AvgIpc) is 2.65. The highest BCUT2D eigenvalue weighted by atomic mass is 35.5. The Bertz CT molecular complexity index is 447. The zero-order chi connectivity index (χ0) is 10.8. The smallest absolute Gasteiger partial charge is 0.183 e. The lowest BCUT2D eigenvalue weighted by Crippen LogP contribution is -1.97. The van der Waals surface area contributed by atoms with Crippen LogP contribution in [-0.2, 0) is 0 Å². The van der Waals surface area contributed by atoms with E-state index in [0.29, 0.717) is 5.92 Å². The molecule has 0 atom stereocenters. The summed E-state index contributed by atoms with van der Waals surface area (Å²) in [4.78, 5) is 0. The van der Waals surface area contributed by atoms with Crippen molar-refractivity contribution in [1.29, 1.82) is 0 Å². The van der Waals surface area contributed by atoms with Crippen molar-refractivity contribution in [2.24, 2.45) is 0 Å². The van der Waals surface area contributed by atoms with Crippen LogP contribution >= 0.6 is 11.6 Å². The molecule has 0 saturated carbocycles. The monoisotopic (exact) mass is 222 g/mol. The molecule has 0 fully saturated rings. The second-order valence-electron chi connectivity index (χ2n) is 3.61. The topological polar surface area (TPSA) is 43.6 Å². The fraction of sp³-hybridized carbons (Fsp3) is 0.300. The highest BCUT2D eigenvalue weighted by Crippen LogP contribution is 2.17. The van der Waals surface area contributed by atoms with Gasteiger partial charge in [-0.25, -0.2) is 0 Å². The fourth-order valence-electron chi connectivity index (χ4n) is 1.33. The van der Waals surface area contributed by atoms with Gasteiger partial charge in [-0.05, 0) is 45.6 Å². The van der Waals surface area contributed by atoms with Crippen LogP contribution in [0.3, 0.4) is 0 Å². The first-order chi connectivity index (χ1) is 7.18. The first-order valence-corrected chi connectivity index (χ1v) is 5.10. The molecule has 78 valence electrons. The van der Waals surface area contributed by atoms with Crippen molar-refractivity contribution in [2.75, 3.05) is 0 Å². The molecule has 1 aromatic carbocycles. The number of tetrazole rings is 1. The molecule has 5 heteroatoms. The van der Waals surface area contributed by atoms with E-state index in [1.165, 1.54) is 10.2 Å². The lowest BCUT2D eigenvalue weighted by atomic mass is 10.0. The first kappa shape index (κ1) is 10.1. The van der Waals surface area contributed by atoms with E-state index < -0.39 is 0 Å². The maximum absolute atomic E-state index is 5.80. The number of benzene rings is 1. The molecule has 0 radical (unpaired) electrons. The van der Waals surface area contributed by atoms with Crippen LogP contribution < -0.4 is 0 Å². The molecule has 15 heavy (non-hydrogen) atoms. The zero-order valence-corrected chi connectivity index (χ0v) is 9.31. The number of rotatable bonds is 2. The maximum atomic E-state index is 5.80. The molecular weight excluding hydrogens is 212 g/mol. The molecule has 0 unspecified atom stereocenters. The Kier molecular flexibility index (Phi) is 2.68. The van der Waals surface area contributed by atoms with Crippen molar-refractivity contribution < 1.29 is 0 Å². The minimum Gasteiger partial charge on any atom is -0.183 e. The van der Waals surface area contributed by atoms with Gasteiger partial charge in [-0.15, -0.1) is 0 Å². The number of nitrogens with zero attached hydrogens (tertiary/aromatic N) is 4. The van der Waals surface area contributed by atoms with Crippen molar-refractivity contribution in [3.8, 4) is 5.69 Å². The minimum atomic E-state index is 0.271. The largest absolute Gasteiger partial charge is 0.247 e. The van der Waals surface area contributed by atoms with Gasteiger partial charge in [-0.2, -0.15) is 4.68 Å². The van der Waals surface area contributed by atoms with Gasteiger partial charge >= 0.3 is 0 Å². The van der Waals surface area contributed by atoms with E-state index in [1.54, 1.807) is 0 Å². The van der Waals surface area contributed by atoms with Gasteiger partial charge in [0.2, 0.25) is 5.28 Å². The Labute approximate surface area is 92.9 Å². The van der Waals surface area contributed by atoms with Gasteiger partial charge in [0.05, 0.1) is 5.69 Å². The number of halogens is 1. The van der Waals surface area contributed by atoms with Gasteiger partial charge in [0, 0.05) is 0 Å². The third-order valence-electron chi connectivity index (χ3n) is 2.24. The summed E-state index contributed by atoms with van der Waals surface area (Å²) in [7, 11) is 0. The van der Waals surface area contributed by atoms with Gasteiger partial charge < -0.3 is 0 Å². The van der Waals surface area contributed by atoms with E-state index in [-0.39, 0.29) is 5.28 Å². The summed E-state index contributed by atoms with van der Waals surface area (Å²) in [5.74, 6) is 0.517. The Morgan fingerprint density at radius 1 is 1.20 bits per heavy atom. The zero-order valence-electron chi connectivity index (χ0n) is 8.55. The number of aromatic nitrogens is 4. The van der Waals surface area contributed by atoms with Crippen LogP contribution in [0.4, 0.5) is 0 Å². The van der Waals surface area contributed by atoms with Crippen LogP contribution in [0.2, 0.25) is 5.28 Å². The van der Waals surface area contributed by atoms with Crippen LogP contribution in [-0.4, -0.2) is 20.2 Å². The molecule has 2 rings (SSSR count). The Morgan fingerprint density at radius 3 is 2.33 bits per heavy atom. The summed E-state index contributed by atoms with van der Waals surface area (Å²) >= 11 is 5.80. The van der Waals surface area contributed by atoms with E-state index in [1.807, 2.05) is 12.1 Å². The number of hydrogen-bond donors (Lipinski definition) is 0. The minimum absolute atomic E-state index is 0.271. The van der Waals surface area contributed by atoms with Gasteiger partial charge in [0.15, 0.2) is 0 Å². The normalized spacial score (nSPS) is 10.9. The summed E-state index contributed by atoms with van der Waals surface area (Å²) in [6, 6.07) is 8.02. The molecule has 0 aliphatic heterocycles. The van der Waals surface area contributed by atoms with E-state index in [0.717, 1.165) is 5.69 Å². The Morgan fingerprint density at radius 2 is 1.87 bits per heavy atom. The van der Waals surface area contributed by atoms with Crippen LogP contribution in [0.25, 0.3) is 5.69 Å².